The molecular formula is C14H16N4O2. The van der Waals surface area contributed by atoms with E-state index in [1.165, 1.54) is 7.11 Å². The van der Waals surface area contributed by atoms with Gasteiger partial charge in [-0.2, -0.15) is 4.98 Å². The monoisotopic (exact) mass is 272 g/mol. The molecule has 0 bridgehead atoms. The minimum absolute atomic E-state index is 0.175. The number of methoxy groups -OCH3 is 1. The average molecular weight is 272 g/mol. The Hall–Kier alpha value is -2.63. The molecule has 0 atom stereocenters. The number of esters is 1. The lowest BCUT2D eigenvalue weighted by Gasteiger charge is -2.06. The second-order valence-electron chi connectivity index (χ2n) is 4.33. The Labute approximate surface area is 116 Å². The van der Waals surface area contributed by atoms with Gasteiger partial charge >= 0.3 is 5.97 Å². The predicted octanol–water partition coefficient (Wildman–Crippen LogP) is 1.21. The summed E-state index contributed by atoms with van der Waals surface area (Å²) < 4.78 is 4.65. The predicted molar refractivity (Wildman–Crippen MR) is 76.0 cm³/mol. The van der Waals surface area contributed by atoms with Crippen LogP contribution in [0.2, 0.25) is 0 Å². The maximum absolute atomic E-state index is 11.3. The van der Waals surface area contributed by atoms with Crippen LogP contribution in [0, 0.1) is 0 Å². The summed E-state index contributed by atoms with van der Waals surface area (Å²) >= 11 is 0. The number of nitrogens with zero attached hydrogens (tertiary/aromatic N) is 2. The summed E-state index contributed by atoms with van der Waals surface area (Å²) in [5.41, 5.74) is 13.7. The smallest absolute Gasteiger partial charge is 0.337 e. The van der Waals surface area contributed by atoms with Crippen molar-refractivity contribution < 1.29 is 9.53 Å². The van der Waals surface area contributed by atoms with Crippen molar-refractivity contribution in [2.24, 2.45) is 0 Å². The van der Waals surface area contributed by atoms with Crippen LogP contribution in [0.25, 0.3) is 0 Å². The number of rotatable bonds is 4. The molecule has 1 heterocycles. The quantitative estimate of drug-likeness (QED) is 0.811. The third-order valence-corrected chi connectivity index (χ3v) is 2.97. The van der Waals surface area contributed by atoms with E-state index in [4.69, 9.17) is 11.5 Å². The molecule has 0 saturated carbocycles. The fourth-order valence-electron chi connectivity index (χ4n) is 1.83. The molecule has 104 valence electrons. The molecule has 6 nitrogen and oxygen atoms in total. The number of ether oxygens (including phenoxy) is 1. The highest BCUT2D eigenvalue weighted by molar-refractivity contribution is 5.89. The number of aryl methyl sites for hydroxylation is 2. The Morgan fingerprint density at radius 2 is 1.90 bits per heavy atom. The number of carbonyl (C=O) groups is 1. The number of hydrogen-bond acceptors (Lipinski definition) is 6. The fraction of sp³-hybridized carbons (Fsp3) is 0.214. The summed E-state index contributed by atoms with van der Waals surface area (Å²) in [5, 5.41) is 0. The largest absolute Gasteiger partial charge is 0.465 e. The van der Waals surface area contributed by atoms with Gasteiger partial charge < -0.3 is 16.2 Å². The van der Waals surface area contributed by atoms with Crippen LogP contribution in [0.4, 0.5) is 11.8 Å². The van der Waals surface area contributed by atoms with Crippen molar-refractivity contribution in [3.63, 3.8) is 0 Å². The summed E-state index contributed by atoms with van der Waals surface area (Å²) in [5.74, 6) is 0.241. The number of nitrogen functional groups attached to an aromatic ring is 2. The van der Waals surface area contributed by atoms with Gasteiger partial charge in [-0.15, -0.1) is 0 Å². The van der Waals surface area contributed by atoms with Crippen molar-refractivity contribution >= 4 is 17.7 Å². The Balaban J connectivity index is 2.02. The topological polar surface area (TPSA) is 104 Å². The number of anilines is 2. The first-order valence-corrected chi connectivity index (χ1v) is 6.14. The molecule has 4 N–H and O–H groups in total. The first kappa shape index (κ1) is 13.8. The Kier molecular flexibility index (Phi) is 4.14. The Morgan fingerprint density at radius 3 is 2.50 bits per heavy atom. The van der Waals surface area contributed by atoms with Crippen LogP contribution in [-0.4, -0.2) is 23.0 Å². The lowest BCUT2D eigenvalue weighted by molar-refractivity contribution is 0.0600. The molecule has 0 aliphatic rings. The molecule has 0 fully saturated rings. The molecule has 0 aliphatic carbocycles. The summed E-state index contributed by atoms with van der Waals surface area (Å²) in [4.78, 5) is 19.2. The molecule has 2 rings (SSSR count). The van der Waals surface area contributed by atoms with Crippen molar-refractivity contribution in [3.8, 4) is 0 Å². The highest BCUT2D eigenvalue weighted by Crippen LogP contribution is 2.13. The van der Waals surface area contributed by atoms with E-state index in [1.807, 2.05) is 12.1 Å². The van der Waals surface area contributed by atoms with Gasteiger partial charge in [0.1, 0.15) is 5.82 Å². The van der Waals surface area contributed by atoms with E-state index in [0.29, 0.717) is 17.8 Å². The minimum atomic E-state index is -0.340. The molecule has 20 heavy (non-hydrogen) atoms. The van der Waals surface area contributed by atoms with E-state index in [0.717, 1.165) is 17.5 Å². The van der Waals surface area contributed by atoms with Crippen LogP contribution in [0.3, 0.4) is 0 Å². The van der Waals surface area contributed by atoms with Crippen LogP contribution >= 0.6 is 0 Å². The van der Waals surface area contributed by atoms with Crippen molar-refractivity contribution in [1.82, 2.24) is 9.97 Å². The van der Waals surface area contributed by atoms with Gasteiger partial charge in [0.2, 0.25) is 5.95 Å². The summed E-state index contributed by atoms with van der Waals surface area (Å²) in [6.45, 7) is 0. The van der Waals surface area contributed by atoms with Crippen LogP contribution in [0.1, 0.15) is 21.5 Å². The maximum atomic E-state index is 11.3. The second kappa shape index (κ2) is 6.01. The average Bonchev–Trinajstić information content (AvgIpc) is 2.46. The van der Waals surface area contributed by atoms with Crippen molar-refractivity contribution in [3.05, 3.63) is 47.2 Å². The van der Waals surface area contributed by atoms with Crippen molar-refractivity contribution in [2.45, 2.75) is 12.8 Å². The molecule has 0 saturated heterocycles. The Morgan fingerprint density at radius 1 is 1.20 bits per heavy atom. The van der Waals surface area contributed by atoms with Gasteiger partial charge in [-0.3, -0.25) is 0 Å². The molecule has 2 aromatic rings. The number of hydrogen-bond donors (Lipinski definition) is 2. The zero-order chi connectivity index (χ0) is 14.5. The lowest BCUT2D eigenvalue weighted by atomic mass is 10.0. The van der Waals surface area contributed by atoms with Crippen molar-refractivity contribution in [2.75, 3.05) is 18.6 Å². The molecule has 0 amide bonds. The van der Waals surface area contributed by atoms with Crippen molar-refractivity contribution in [1.29, 1.82) is 0 Å². The standard InChI is InChI=1S/C14H16N4O2/c1-20-13(19)10-5-2-9(3-6-10)4-7-11-8-17-14(16)18-12(11)15/h2-3,5-6,8H,4,7H2,1H3,(H4,15,16,17,18). The highest BCUT2D eigenvalue weighted by atomic mass is 16.5. The zero-order valence-electron chi connectivity index (χ0n) is 11.2. The SMILES string of the molecule is COC(=O)c1ccc(CCc2cnc(N)nc2N)cc1. The van der Waals surface area contributed by atoms with Gasteiger partial charge in [0.25, 0.3) is 0 Å². The van der Waals surface area contributed by atoms with Crippen LogP contribution in [0.15, 0.2) is 30.5 Å². The molecule has 0 radical (unpaired) electrons. The van der Waals surface area contributed by atoms with Crippen LogP contribution in [0.5, 0.6) is 0 Å². The van der Waals surface area contributed by atoms with Gasteiger partial charge in [-0.25, -0.2) is 9.78 Å². The van der Waals surface area contributed by atoms with Gasteiger partial charge in [0, 0.05) is 11.8 Å². The van der Waals surface area contributed by atoms with E-state index >= 15 is 0 Å². The van der Waals surface area contributed by atoms with E-state index in [9.17, 15) is 4.79 Å². The molecular weight excluding hydrogens is 256 g/mol. The third-order valence-electron chi connectivity index (χ3n) is 2.97. The molecule has 0 unspecified atom stereocenters. The van der Waals surface area contributed by atoms with Gasteiger partial charge in [0.05, 0.1) is 12.7 Å². The van der Waals surface area contributed by atoms with E-state index in [-0.39, 0.29) is 11.9 Å². The summed E-state index contributed by atoms with van der Waals surface area (Å²) in [6.07, 6.45) is 3.13. The fourth-order valence-corrected chi connectivity index (χ4v) is 1.83. The molecule has 0 aliphatic heterocycles. The van der Waals surface area contributed by atoms with Crippen LogP contribution in [-0.2, 0) is 17.6 Å². The molecule has 1 aromatic heterocycles. The number of benzene rings is 1. The first-order chi connectivity index (χ1) is 9.60. The number of carbonyl (C=O) groups excluding carboxylic acids is 1. The number of nitrogens with two attached hydrogens (primary N) is 2. The van der Waals surface area contributed by atoms with Gasteiger partial charge in [-0.1, -0.05) is 12.1 Å². The van der Waals surface area contributed by atoms with Gasteiger partial charge in [0.15, 0.2) is 0 Å². The third kappa shape index (κ3) is 3.23. The number of aromatic nitrogens is 2. The molecule has 1 aromatic carbocycles. The lowest BCUT2D eigenvalue weighted by Crippen LogP contribution is -2.05. The van der Waals surface area contributed by atoms with E-state index < -0.39 is 0 Å². The highest BCUT2D eigenvalue weighted by Gasteiger charge is 2.06. The maximum Gasteiger partial charge on any atom is 0.337 e. The zero-order valence-corrected chi connectivity index (χ0v) is 11.2. The van der Waals surface area contributed by atoms with Gasteiger partial charge in [-0.05, 0) is 30.5 Å². The summed E-state index contributed by atoms with van der Waals surface area (Å²) in [7, 11) is 1.36. The van der Waals surface area contributed by atoms with Crippen LogP contribution < -0.4 is 11.5 Å². The second-order valence-corrected chi connectivity index (χ2v) is 4.33. The molecule has 0 spiro atoms. The normalized spacial score (nSPS) is 10.2. The first-order valence-electron chi connectivity index (χ1n) is 6.14. The summed E-state index contributed by atoms with van der Waals surface area (Å²) in [6, 6.07) is 7.26. The van der Waals surface area contributed by atoms with E-state index in [2.05, 4.69) is 14.7 Å². The Bertz CT molecular complexity index is 611. The van der Waals surface area contributed by atoms with E-state index in [1.54, 1.807) is 18.3 Å². The molecule has 6 heteroatoms. The minimum Gasteiger partial charge on any atom is -0.465 e.